The zero-order valence-corrected chi connectivity index (χ0v) is 13.7. The molecule has 0 saturated carbocycles. The fourth-order valence-corrected chi connectivity index (χ4v) is 3.20. The Balaban J connectivity index is 2.03. The van der Waals surface area contributed by atoms with Gasteiger partial charge in [-0.2, -0.15) is 26.6 Å². The van der Waals surface area contributed by atoms with Crippen LogP contribution in [0.2, 0.25) is 0 Å². The van der Waals surface area contributed by atoms with E-state index in [1.165, 1.54) is 6.20 Å². The van der Waals surface area contributed by atoms with E-state index in [1.807, 2.05) is 36.4 Å². The van der Waals surface area contributed by atoms with Crippen LogP contribution in [0.25, 0.3) is 32.4 Å². The maximum Gasteiger partial charge on any atom is 0.534 e. The molecule has 4 aromatic rings. The van der Waals surface area contributed by atoms with Crippen LogP contribution in [0.5, 0.6) is 6.01 Å². The molecule has 0 amide bonds. The second-order valence-electron chi connectivity index (χ2n) is 5.49. The maximum absolute atomic E-state index is 12.5. The lowest BCUT2D eigenvalue weighted by Crippen LogP contribution is -2.28. The number of nitrogens with zero attached hydrogens (tertiary/aromatic N) is 2. The summed E-state index contributed by atoms with van der Waals surface area (Å²) < 4.78 is 64.1. The van der Waals surface area contributed by atoms with Crippen molar-refractivity contribution in [2.24, 2.45) is 0 Å². The molecule has 4 rings (SSSR count). The van der Waals surface area contributed by atoms with Gasteiger partial charge in [0, 0.05) is 17.0 Å². The van der Waals surface area contributed by atoms with Crippen LogP contribution in [-0.2, 0) is 10.1 Å². The average Bonchev–Trinajstić information content (AvgIpc) is 2.60. The number of fused-ring (bicyclic) bond motifs is 6. The molecule has 0 aliphatic heterocycles. The third kappa shape index (κ3) is 2.51. The third-order valence-corrected chi connectivity index (χ3v) is 4.86. The van der Waals surface area contributed by atoms with Gasteiger partial charge in [0.2, 0.25) is 0 Å². The second-order valence-corrected chi connectivity index (χ2v) is 7.03. The molecule has 0 bridgehead atoms. The highest BCUT2D eigenvalue weighted by Gasteiger charge is 2.49. The van der Waals surface area contributed by atoms with Gasteiger partial charge in [-0.25, -0.2) is 4.98 Å². The third-order valence-electron chi connectivity index (χ3n) is 3.92. The summed E-state index contributed by atoms with van der Waals surface area (Å²) in [6.07, 6.45) is 1.26. The standard InChI is InChI=1S/C17H9F3N2O3S/c18-17(19,20)26(23,24)25-16-21-9-14-12-7-2-1-5-10(12)11-6-3-4-8-13(11)15(14)22-16/h1-9H. The van der Waals surface area contributed by atoms with E-state index >= 15 is 0 Å². The van der Waals surface area contributed by atoms with Crippen LogP contribution in [0.4, 0.5) is 13.2 Å². The Morgan fingerprint density at radius 2 is 1.31 bits per heavy atom. The Morgan fingerprint density at radius 1 is 0.808 bits per heavy atom. The average molecular weight is 378 g/mol. The maximum atomic E-state index is 12.5. The number of rotatable bonds is 2. The molecule has 132 valence electrons. The number of alkyl halides is 3. The molecular weight excluding hydrogens is 369 g/mol. The first-order valence-electron chi connectivity index (χ1n) is 7.35. The van der Waals surface area contributed by atoms with Crippen molar-refractivity contribution in [1.82, 2.24) is 9.97 Å². The minimum absolute atomic E-state index is 0.307. The number of halogens is 3. The summed E-state index contributed by atoms with van der Waals surface area (Å²) in [6.45, 7) is 0. The lowest BCUT2D eigenvalue weighted by atomic mass is 9.98. The largest absolute Gasteiger partial charge is 0.534 e. The van der Waals surface area contributed by atoms with E-state index in [1.54, 1.807) is 12.1 Å². The Morgan fingerprint density at radius 3 is 1.88 bits per heavy atom. The minimum Gasteiger partial charge on any atom is -0.337 e. The fraction of sp³-hybridized carbons (Fsp3) is 0.0588. The molecule has 0 aliphatic rings. The summed E-state index contributed by atoms with van der Waals surface area (Å²) in [5, 5.41) is 3.79. The predicted molar refractivity (Wildman–Crippen MR) is 90.2 cm³/mol. The normalized spacial score (nSPS) is 12.7. The van der Waals surface area contributed by atoms with Crippen molar-refractivity contribution in [2.75, 3.05) is 0 Å². The van der Waals surface area contributed by atoms with Gasteiger partial charge in [-0.1, -0.05) is 48.5 Å². The van der Waals surface area contributed by atoms with E-state index in [9.17, 15) is 21.6 Å². The van der Waals surface area contributed by atoms with Crippen molar-refractivity contribution in [3.8, 4) is 6.01 Å². The molecule has 0 saturated heterocycles. The van der Waals surface area contributed by atoms with Crippen LogP contribution < -0.4 is 4.18 Å². The molecule has 9 heteroatoms. The Hall–Kier alpha value is -2.94. The van der Waals surface area contributed by atoms with Crippen molar-refractivity contribution in [1.29, 1.82) is 0 Å². The summed E-state index contributed by atoms with van der Waals surface area (Å²) in [5.41, 5.74) is -5.25. The van der Waals surface area contributed by atoms with Crippen molar-refractivity contribution >= 4 is 42.6 Å². The molecule has 0 spiro atoms. The van der Waals surface area contributed by atoms with E-state index in [2.05, 4.69) is 14.2 Å². The van der Waals surface area contributed by atoms with Gasteiger partial charge in [0.05, 0.1) is 5.52 Å². The van der Waals surface area contributed by atoms with Crippen molar-refractivity contribution in [3.05, 3.63) is 54.7 Å². The Labute approximate surface area is 145 Å². The topological polar surface area (TPSA) is 69.2 Å². The fourth-order valence-electron chi connectivity index (χ4n) is 2.83. The first-order valence-corrected chi connectivity index (χ1v) is 8.76. The van der Waals surface area contributed by atoms with E-state index < -0.39 is 21.6 Å². The predicted octanol–water partition coefficient (Wildman–Crippen LogP) is 4.16. The first-order chi connectivity index (χ1) is 12.3. The van der Waals surface area contributed by atoms with Gasteiger partial charge in [0.1, 0.15) is 0 Å². The summed E-state index contributed by atoms with van der Waals surface area (Å²) in [7, 11) is -5.84. The summed E-state index contributed by atoms with van der Waals surface area (Å²) >= 11 is 0. The van der Waals surface area contributed by atoms with Gasteiger partial charge < -0.3 is 4.18 Å². The lowest BCUT2D eigenvalue weighted by Gasteiger charge is -2.11. The van der Waals surface area contributed by atoms with E-state index in [4.69, 9.17) is 0 Å². The quantitative estimate of drug-likeness (QED) is 0.298. The molecule has 1 heterocycles. The number of aromatic nitrogens is 2. The van der Waals surface area contributed by atoms with Crippen LogP contribution in [0, 0.1) is 0 Å². The zero-order chi connectivity index (χ0) is 18.5. The highest BCUT2D eigenvalue weighted by atomic mass is 32.2. The van der Waals surface area contributed by atoms with Crippen molar-refractivity contribution in [3.63, 3.8) is 0 Å². The molecule has 0 aliphatic carbocycles. The molecular formula is C17H9F3N2O3S. The highest BCUT2D eigenvalue weighted by Crippen LogP contribution is 2.34. The van der Waals surface area contributed by atoms with Crippen molar-refractivity contribution in [2.45, 2.75) is 5.51 Å². The van der Waals surface area contributed by atoms with Gasteiger partial charge in [0.15, 0.2) is 0 Å². The second kappa shape index (κ2) is 5.53. The number of hydrogen-bond donors (Lipinski definition) is 0. The SMILES string of the molecule is O=S(=O)(Oc1ncc2c3ccccc3c3ccccc3c2n1)C(F)(F)F. The van der Waals surface area contributed by atoms with Gasteiger partial charge in [0.25, 0.3) is 0 Å². The van der Waals surface area contributed by atoms with Crippen molar-refractivity contribution < 1.29 is 25.8 Å². The summed E-state index contributed by atoms with van der Waals surface area (Å²) in [5.74, 6) is 0. The lowest BCUT2D eigenvalue weighted by molar-refractivity contribution is -0.0502. The van der Waals surface area contributed by atoms with Crippen LogP contribution in [0.3, 0.4) is 0 Å². The van der Waals surface area contributed by atoms with Gasteiger partial charge in [-0.05, 0) is 16.2 Å². The van der Waals surface area contributed by atoms with Gasteiger partial charge in [-0.15, -0.1) is 0 Å². The molecule has 3 aromatic carbocycles. The van der Waals surface area contributed by atoms with E-state index in [0.29, 0.717) is 16.3 Å². The van der Waals surface area contributed by atoms with Crippen LogP contribution in [0.15, 0.2) is 54.7 Å². The Bertz CT molecular complexity index is 1240. The smallest absolute Gasteiger partial charge is 0.337 e. The zero-order valence-electron chi connectivity index (χ0n) is 12.9. The van der Waals surface area contributed by atoms with Crippen LogP contribution in [0.1, 0.15) is 0 Å². The first kappa shape index (κ1) is 16.5. The van der Waals surface area contributed by atoms with E-state index in [-0.39, 0.29) is 0 Å². The van der Waals surface area contributed by atoms with Crippen LogP contribution in [-0.4, -0.2) is 23.9 Å². The van der Waals surface area contributed by atoms with Gasteiger partial charge >= 0.3 is 21.6 Å². The van der Waals surface area contributed by atoms with Gasteiger partial charge in [-0.3, -0.25) is 0 Å². The molecule has 0 N–H and O–H groups in total. The molecule has 0 atom stereocenters. The van der Waals surface area contributed by atoms with Crippen LogP contribution >= 0.6 is 0 Å². The highest BCUT2D eigenvalue weighted by molar-refractivity contribution is 7.87. The Kier molecular flexibility index (Phi) is 3.52. The number of benzene rings is 3. The molecule has 26 heavy (non-hydrogen) atoms. The molecule has 1 aromatic heterocycles. The molecule has 5 nitrogen and oxygen atoms in total. The summed E-state index contributed by atoms with van der Waals surface area (Å²) in [6, 6.07) is 13.7. The molecule has 0 fully saturated rings. The molecule has 0 unspecified atom stereocenters. The number of hydrogen-bond acceptors (Lipinski definition) is 5. The molecule has 0 radical (unpaired) electrons. The van der Waals surface area contributed by atoms with E-state index in [0.717, 1.165) is 16.2 Å². The monoisotopic (exact) mass is 378 g/mol. The summed E-state index contributed by atoms with van der Waals surface area (Å²) in [4.78, 5) is 7.59. The minimum atomic E-state index is -5.84.